The minimum atomic E-state index is -3.47. The smallest absolute Gasteiger partial charge is 0.309 e. The average Bonchev–Trinajstić information content (AvgIpc) is 3.02. The van der Waals surface area contributed by atoms with Gasteiger partial charge >= 0.3 is 5.97 Å². The van der Waals surface area contributed by atoms with Crippen molar-refractivity contribution in [3.05, 3.63) is 29.3 Å². The lowest BCUT2D eigenvalue weighted by Crippen LogP contribution is -2.40. The molecule has 1 heterocycles. The number of rotatable bonds is 4. The maximum Gasteiger partial charge on any atom is 0.309 e. The number of nitrogens with zero attached hydrogens (tertiary/aromatic N) is 1. The van der Waals surface area contributed by atoms with Crippen molar-refractivity contribution in [1.82, 2.24) is 4.31 Å². The zero-order valence-electron chi connectivity index (χ0n) is 14.3. The molecule has 0 saturated carbocycles. The molecule has 0 amide bonds. The van der Waals surface area contributed by atoms with Crippen LogP contribution in [0.1, 0.15) is 44.2 Å². The summed E-state index contributed by atoms with van der Waals surface area (Å²) in [4.78, 5) is 12.4. The van der Waals surface area contributed by atoms with Crippen molar-refractivity contribution in [2.75, 3.05) is 13.1 Å². The predicted molar refractivity (Wildman–Crippen MR) is 91.2 cm³/mol. The van der Waals surface area contributed by atoms with Gasteiger partial charge in [0.15, 0.2) is 0 Å². The first kappa shape index (κ1) is 17.4. The highest BCUT2D eigenvalue weighted by Crippen LogP contribution is 2.28. The van der Waals surface area contributed by atoms with Crippen LogP contribution in [0.3, 0.4) is 0 Å². The van der Waals surface area contributed by atoms with E-state index in [1.54, 1.807) is 6.07 Å². The third-order valence-corrected chi connectivity index (χ3v) is 6.74. The molecule has 5 nitrogen and oxygen atoms in total. The highest BCUT2D eigenvalue weighted by atomic mass is 32.2. The van der Waals surface area contributed by atoms with Crippen molar-refractivity contribution in [1.29, 1.82) is 0 Å². The number of hydrogen-bond donors (Lipinski definition) is 0. The van der Waals surface area contributed by atoms with E-state index in [1.165, 1.54) is 9.87 Å². The Bertz CT molecular complexity index is 719. The van der Waals surface area contributed by atoms with Crippen molar-refractivity contribution < 1.29 is 17.9 Å². The Balaban J connectivity index is 1.68. The lowest BCUT2D eigenvalue weighted by molar-refractivity contribution is -0.153. The van der Waals surface area contributed by atoms with Gasteiger partial charge in [-0.05, 0) is 69.2 Å². The van der Waals surface area contributed by atoms with Crippen molar-refractivity contribution in [2.24, 2.45) is 5.92 Å². The number of hydrogen-bond acceptors (Lipinski definition) is 4. The van der Waals surface area contributed by atoms with E-state index in [4.69, 9.17) is 4.74 Å². The fourth-order valence-electron chi connectivity index (χ4n) is 3.52. The van der Waals surface area contributed by atoms with E-state index in [2.05, 4.69) is 0 Å². The Morgan fingerprint density at radius 2 is 1.83 bits per heavy atom. The molecular weight excluding hydrogens is 326 g/mol. The molecule has 3 rings (SSSR count). The molecule has 0 spiro atoms. The number of carbonyl (C=O) groups is 1. The molecule has 1 aromatic rings. The van der Waals surface area contributed by atoms with Gasteiger partial charge in [-0.1, -0.05) is 6.07 Å². The van der Waals surface area contributed by atoms with Crippen molar-refractivity contribution in [3.8, 4) is 0 Å². The fourth-order valence-corrected chi connectivity index (χ4v) is 5.04. The van der Waals surface area contributed by atoms with Gasteiger partial charge in [-0.3, -0.25) is 4.79 Å². The number of aryl methyl sites for hydroxylation is 2. The van der Waals surface area contributed by atoms with Crippen LogP contribution in [0.15, 0.2) is 23.1 Å². The molecule has 132 valence electrons. The molecule has 1 fully saturated rings. The molecule has 0 N–H and O–H groups in total. The number of carbonyl (C=O) groups excluding carboxylic acids is 1. The van der Waals surface area contributed by atoms with Gasteiger partial charge in [0.25, 0.3) is 0 Å². The zero-order valence-corrected chi connectivity index (χ0v) is 15.1. The van der Waals surface area contributed by atoms with E-state index in [9.17, 15) is 13.2 Å². The number of ether oxygens (including phenoxy) is 1. The molecule has 2 aliphatic rings. The summed E-state index contributed by atoms with van der Waals surface area (Å²) in [5, 5.41) is 0. The largest absolute Gasteiger partial charge is 0.463 e. The summed E-state index contributed by atoms with van der Waals surface area (Å²) < 4.78 is 32.4. The van der Waals surface area contributed by atoms with Gasteiger partial charge in [-0.25, -0.2) is 8.42 Å². The maximum absolute atomic E-state index is 12.9. The summed E-state index contributed by atoms with van der Waals surface area (Å²) >= 11 is 0. The average molecular weight is 351 g/mol. The SMILES string of the molecule is CC(C)OC(=O)C1CCN(S(=O)(=O)c2ccc3c(c2)CCC3)CC1. The summed E-state index contributed by atoms with van der Waals surface area (Å²) in [5.74, 6) is -0.404. The fraction of sp³-hybridized carbons (Fsp3) is 0.611. The molecular formula is C18H25NO4S. The van der Waals surface area contributed by atoms with Gasteiger partial charge in [0.2, 0.25) is 10.0 Å². The lowest BCUT2D eigenvalue weighted by Gasteiger charge is -2.30. The molecule has 0 radical (unpaired) electrons. The minimum absolute atomic E-state index is 0.134. The van der Waals surface area contributed by atoms with E-state index < -0.39 is 10.0 Å². The van der Waals surface area contributed by atoms with Gasteiger partial charge in [0.05, 0.1) is 16.9 Å². The first-order valence-corrected chi connectivity index (χ1v) is 10.1. The third kappa shape index (κ3) is 3.49. The predicted octanol–water partition coefficient (Wildman–Crippen LogP) is 2.53. The number of piperidine rings is 1. The summed E-state index contributed by atoms with van der Waals surface area (Å²) in [7, 11) is -3.47. The van der Waals surface area contributed by atoms with Gasteiger partial charge in [0, 0.05) is 13.1 Å². The quantitative estimate of drug-likeness (QED) is 0.782. The Kier molecular flexibility index (Phi) is 4.97. The van der Waals surface area contributed by atoms with Crippen LogP contribution < -0.4 is 0 Å². The molecule has 0 bridgehead atoms. The van der Waals surface area contributed by atoms with E-state index in [0.717, 1.165) is 24.8 Å². The molecule has 1 saturated heterocycles. The molecule has 0 aromatic heterocycles. The number of sulfonamides is 1. The van der Waals surface area contributed by atoms with Crippen LogP contribution in [-0.4, -0.2) is 37.9 Å². The van der Waals surface area contributed by atoms with Crippen LogP contribution in [0.5, 0.6) is 0 Å². The Labute approximate surface area is 144 Å². The Morgan fingerprint density at radius 1 is 1.17 bits per heavy atom. The highest BCUT2D eigenvalue weighted by molar-refractivity contribution is 7.89. The van der Waals surface area contributed by atoms with Crippen LogP contribution in [0.4, 0.5) is 0 Å². The molecule has 1 aromatic carbocycles. The van der Waals surface area contributed by atoms with Gasteiger partial charge in [-0.15, -0.1) is 0 Å². The summed E-state index contributed by atoms with van der Waals surface area (Å²) in [6.07, 6.45) is 4.01. The molecule has 0 atom stereocenters. The van der Waals surface area contributed by atoms with Crippen LogP contribution in [0.25, 0.3) is 0 Å². The molecule has 24 heavy (non-hydrogen) atoms. The first-order chi connectivity index (χ1) is 11.4. The van der Waals surface area contributed by atoms with Gasteiger partial charge < -0.3 is 4.74 Å². The monoisotopic (exact) mass is 351 g/mol. The molecule has 0 unspecified atom stereocenters. The standard InChI is InChI=1S/C18H25NO4S/c1-13(2)23-18(20)15-8-10-19(11-9-15)24(21,22)17-7-6-14-4-3-5-16(14)12-17/h6-7,12-13,15H,3-5,8-11H2,1-2H3. The van der Waals surface area contributed by atoms with Crippen molar-refractivity contribution in [3.63, 3.8) is 0 Å². The topological polar surface area (TPSA) is 63.7 Å². The normalized spacial score (nSPS) is 19.5. The maximum atomic E-state index is 12.9. The number of esters is 1. The van der Waals surface area contributed by atoms with E-state index in [1.807, 2.05) is 26.0 Å². The summed E-state index contributed by atoms with van der Waals surface area (Å²) in [5.41, 5.74) is 2.43. The first-order valence-electron chi connectivity index (χ1n) is 8.70. The second-order valence-electron chi connectivity index (χ2n) is 6.95. The lowest BCUT2D eigenvalue weighted by atomic mass is 9.98. The number of benzene rings is 1. The molecule has 6 heteroatoms. The third-order valence-electron chi connectivity index (χ3n) is 4.85. The Hall–Kier alpha value is -1.40. The second-order valence-corrected chi connectivity index (χ2v) is 8.89. The van der Waals surface area contributed by atoms with Crippen LogP contribution >= 0.6 is 0 Å². The van der Waals surface area contributed by atoms with Gasteiger partial charge in [-0.2, -0.15) is 4.31 Å². The second kappa shape index (κ2) is 6.84. The minimum Gasteiger partial charge on any atom is -0.463 e. The zero-order chi connectivity index (χ0) is 17.3. The van der Waals surface area contributed by atoms with Crippen molar-refractivity contribution in [2.45, 2.75) is 57.0 Å². The molecule has 1 aliphatic carbocycles. The molecule has 1 aliphatic heterocycles. The van der Waals surface area contributed by atoms with E-state index in [0.29, 0.717) is 30.8 Å². The van der Waals surface area contributed by atoms with Crippen LogP contribution in [-0.2, 0) is 32.4 Å². The summed E-state index contributed by atoms with van der Waals surface area (Å²) in [6.45, 7) is 4.39. The van der Waals surface area contributed by atoms with Gasteiger partial charge in [0.1, 0.15) is 0 Å². The van der Waals surface area contributed by atoms with E-state index >= 15 is 0 Å². The summed E-state index contributed by atoms with van der Waals surface area (Å²) in [6, 6.07) is 5.50. The van der Waals surface area contributed by atoms with Crippen LogP contribution in [0.2, 0.25) is 0 Å². The van der Waals surface area contributed by atoms with E-state index in [-0.39, 0.29) is 18.0 Å². The highest BCUT2D eigenvalue weighted by Gasteiger charge is 2.33. The Morgan fingerprint density at radius 3 is 2.50 bits per heavy atom. The van der Waals surface area contributed by atoms with Crippen LogP contribution in [0, 0.1) is 5.92 Å². The number of fused-ring (bicyclic) bond motifs is 1. The van der Waals surface area contributed by atoms with Crippen molar-refractivity contribution >= 4 is 16.0 Å².